The van der Waals surface area contributed by atoms with Crippen LogP contribution in [0.2, 0.25) is 0 Å². The third-order valence-electron chi connectivity index (χ3n) is 14.9. The van der Waals surface area contributed by atoms with Gasteiger partial charge in [0, 0.05) is 54.8 Å². The van der Waals surface area contributed by atoms with Crippen LogP contribution in [0.1, 0.15) is 0 Å². The van der Waals surface area contributed by atoms with Crippen LogP contribution in [0.25, 0.3) is 139 Å². The second kappa shape index (κ2) is 17.3. The number of hydrogen-bond donors (Lipinski definition) is 0. The summed E-state index contributed by atoms with van der Waals surface area (Å²) >= 11 is 0. The van der Waals surface area contributed by atoms with Gasteiger partial charge in [-0.25, -0.2) is 4.98 Å². The van der Waals surface area contributed by atoms with E-state index in [4.69, 9.17) is 15.0 Å². The van der Waals surface area contributed by atoms with E-state index in [2.05, 4.69) is 275 Å². The Hall–Kier alpha value is -10.2. The molecule has 0 aliphatic carbocycles. The van der Waals surface area contributed by atoms with E-state index in [1.807, 2.05) is 6.07 Å². The first kappa shape index (κ1) is 42.5. The molecule has 0 N–H and O–H groups in total. The third-order valence-corrected chi connectivity index (χ3v) is 14.9. The molecule has 0 unspecified atom stereocenters. The van der Waals surface area contributed by atoms with Crippen molar-refractivity contribution in [1.29, 1.82) is 0 Å². The highest BCUT2D eigenvalue weighted by Crippen LogP contribution is 2.43. The van der Waals surface area contributed by atoms with Crippen LogP contribution >= 0.6 is 0 Å². The topological polar surface area (TPSA) is 53.5 Å². The Morgan fingerprint density at radius 1 is 0.213 bits per heavy atom. The first-order valence-corrected chi connectivity index (χ1v) is 25.4. The van der Waals surface area contributed by atoms with E-state index in [1.54, 1.807) is 0 Å². The highest BCUT2D eigenvalue weighted by molar-refractivity contribution is 6.24. The van der Waals surface area contributed by atoms with E-state index in [0.717, 1.165) is 105 Å². The van der Waals surface area contributed by atoms with Crippen molar-refractivity contribution in [2.75, 3.05) is 0 Å². The van der Waals surface area contributed by atoms with Gasteiger partial charge in [0.2, 0.25) is 5.95 Å². The minimum atomic E-state index is 0.528. The number of benzene rings is 11. The van der Waals surface area contributed by atoms with Crippen molar-refractivity contribution in [2.24, 2.45) is 0 Å². The van der Waals surface area contributed by atoms with Gasteiger partial charge in [-0.15, -0.1) is 0 Å². The molecule has 0 fully saturated rings. The second-order valence-corrected chi connectivity index (χ2v) is 19.2. The van der Waals surface area contributed by atoms with Crippen LogP contribution in [-0.2, 0) is 0 Å². The molecule has 0 spiro atoms. The fourth-order valence-electron chi connectivity index (χ4n) is 11.4. The molecule has 11 aromatic carbocycles. The molecule has 4 heterocycles. The van der Waals surface area contributed by atoms with Gasteiger partial charge >= 0.3 is 0 Å². The van der Waals surface area contributed by atoms with Crippen molar-refractivity contribution in [3.63, 3.8) is 0 Å². The van der Waals surface area contributed by atoms with Crippen LogP contribution in [-0.4, -0.2) is 28.7 Å². The van der Waals surface area contributed by atoms with E-state index in [0.29, 0.717) is 17.6 Å². The summed E-state index contributed by atoms with van der Waals surface area (Å²) in [6, 6.07) is 95.2. The van der Waals surface area contributed by atoms with Gasteiger partial charge < -0.3 is 9.13 Å². The number of nitrogens with zero attached hydrogens (tertiary/aromatic N) is 6. The highest BCUT2D eigenvalue weighted by atomic mass is 15.2. The highest BCUT2D eigenvalue weighted by Gasteiger charge is 2.25. The summed E-state index contributed by atoms with van der Waals surface area (Å²) in [5.74, 6) is 1.70. The predicted molar refractivity (Wildman–Crippen MR) is 310 cm³/mol. The maximum Gasteiger partial charge on any atom is 0.238 e. The zero-order valence-electron chi connectivity index (χ0n) is 40.6. The van der Waals surface area contributed by atoms with Gasteiger partial charge in [-0.2, -0.15) is 9.97 Å². The van der Waals surface area contributed by atoms with Crippen LogP contribution in [0.15, 0.2) is 267 Å². The molecule has 0 amide bonds. The predicted octanol–water partition coefficient (Wildman–Crippen LogP) is 17.5. The Kier molecular flexibility index (Phi) is 9.78. The molecule has 0 saturated carbocycles. The number of para-hydroxylation sites is 3. The van der Waals surface area contributed by atoms with E-state index < -0.39 is 0 Å². The first-order chi connectivity index (χ1) is 37.2. The zero-order chi connectivity index (χ0) is 49.4. The van der Waals surface area contributed by atoms with Crippen molar-refractivity contribution in [1.82, 2.24) is 28.7 Å². The lowest BCUT2D eigenvalue weighted by Gasteiger charge is -2.14. The number of rotatable bonds is 8. The summed E-state index contributed by atoms with van der Waals surface area (Å²) in [5, 5.41) is 6.92. The van der Waals surface area contributed by atoms with Crippen molar-refractivity contribution in [2.45, 2.75) is 0 Å². The SMILES string of the molecule is c1ccc(-c2ccc(-c3nc(-c4cccc(-c5ccccc5)c4)nc(-n4c5ccc(-n6c7ccccc7c7ccccc76)cc5c5ccc6c7ccccc7n(-c7ccc(-c8ccccc8)cc7)c6c54)n3)cc2)cc1. The molecule has 0 aliphatic heterocycles. The van der Waals surface area contributed by atoms with Gasteiger partial charge in [0.1, 0.15) is 0 Å². The fourth-order valence-corrected chi connectivity index (χ4v) is 11.4. The van der Waals surface area contributed by atoms with Crippen molar-refractivity contribution < 1.29 is 0 Å². The maximum atomic E-state index is 5.56. The Balaban J connectivity index is 1.04. The lowest BCUT2D eigenvalue weighted by Crippen LogP contribution is -2.07. The van der Waals surface area contributed by atoms with Crippen LogP contribution in [0.5, 0.6) is 0 Å². The van der Waals surface area contributed by atoms with Crippen LogP contribution in [0.4, 0.5) is 0 Å². The van der Waals surface area contributed by atoms with E-state index in [9.17, 15) is 0 Å². The average Bonchev–Trinajstić information content (AvgIpc) is 4.18. The maximum absolute atomic E-state index is 5.56. The number of aromatic nitrogens is 6. The third kappa shape index (κ3) is 6.99. The summed E-state index contributed by atoms with van der Waals surface area (Å²) in [6.07, 6.45) is 0. The van der Waals surface area contributed by atoms with E-state index in [1.165, 1.54) is 16.3 Å². The Morgan fingerprint density at radius 2 is 0.613 bits per heavy atom. The zero-order valence-corrected chi connectivity index (χ0v) is 40.6. The largest absolute Gasteiger partial charge is 0.309 e. The monoisotopic (exact) mass is 956 g/mol. The Labute approximate surface area is 432 Å². The van der Waals surface area contributed by atoms with Crippen LogP contribution in [0, 0.1) is 0 Å². The summed E-state index contributed by atoms with van der Waals surface area (Å²) < 4.78 is 7.12. The van der Waals surface area contributed by atoms with Crippen molar-refractivity contribution in [3.05, 3.63) is 267 Å². The van der Waals surface area contributed by atoms with E-state index >= 15 is 0 Å². The first-order valence-electron chi connectivity index (χ1n) is 25.4. The molecule has 6 nitrogen and oxygen atoms in total. The molecular weight excluding hydrogens is 913 g/mol. The molecule has 0 atom stereocenters. The average molecular weight is 957 g/mol. The lowest BCUT2D eigenvalue weighted by molar-refractivity contribution is 0.953. The Bertz CT molecular complexity index is 4610. The second-order valence-electron chi connectivity index (χ2n) is 19.2. The van der Waals surface area contributed by atoms with Gasteiger partial charge in [0.05, 0.1) is 33.1 Å². The molecule has 0 radical (unpaired) electrons. The smallest absolute Gasteiger partial charge is 0.238 e. The minimum absolute atomic E-state index is 0.528. The van der Waals surface area contributed by atoms with Crippen LogP contribution in [0.3, 0.4) is 0 Å². The quantitative estimate of drug-likeness (QED) is 0.152. The number of fused-ring (bicyclic) bond motifs is 10. The molecule has 15 aromatic rings. The fraction of sp³-hybridized carbons (Fsp3) is 0. The van der Waals surface area contributed by atoms with Crippen molar-refractivity contribution in [3.8, 4) is 73.5 Å². The van der Waals surface area contributed by atoms with Crippen molar-refractivity contribution >= 4 is 65.4 Å². The minimum Gasteiger partial charge on any atom is -0.309 e. The molecule has 0 saturated heterocycles. The molecule has 6 heteroatoms. The molecule has 0 aliphatic rings. The van der Waals surface area contributed by atoms with Gasteiger partial charge in [0.25, 0.3) is 0 Å². The van der Waals surface area contributed by atoms with Gasteiger partial charge in [-0.3, -0.25) is 4.57 Å². The molecular formula is C69H44N6. The summed E-state index contributed by atoms with van der Waals surface area (Å²) in [5.41, 5.74) is 17.2. The molecule has 15 rings (SSSR count). The molecule has 75 heavy (non-hydrogen) atoms. The summed E-state index contributed by atoms with van der Waals surface area (Å²) in [6.45, 7) is 0. The molecule has 4 aromatic heterocycles. The standard InChI is InChI=1S/C69H44N6/c1-4-17-45(18-5-1)48-31-33-50(34-32-48)67-70-68(52-24-16-23-51(43-52)47-21-8-3-9-22-47)72-69(71-67)75-64-42-39-54(73-61-28-13-10-25-55(61)56-26-11-14-29-62(56)73)44-60(64)59-41-40-58-57-27-12-15-30-63(57)74(65(58)66(59)75)53-37-35-49(36-38-53)46-19-6-2-7-20-46/h1-44H. The molecule has 0 bridgehead atoms. The van der Waals surface area contributed by atoms with Crippen LogP contribution < -0.4 is 0 Å². The van der Waals surface area contributed by atoms with E-state index in [-0.39, 0.29) is 0 Å². The Morgan fingerprint density at radius 3 is 1.21 bits per heavy atom. The summed E-state index contributed by atoms with van der Waals surface area (Å²) in [4.78, 5) is 16.4. The lowest BCUT2D eigenvalue weighted by atomic mass is 10.0. The van der Waals surface area contributed by atoms with Gasteiger partial charge in [0.15, 0.2) is 11.6 Å². The number of hydrogen-bond acceptors (Lipinski definition) is 3. The normalized spacial score (nSPS) is 11.7. The van der Waals surface area contributed by atoms with Gasteiger partial charge in [-0.1, -0.05) is 212 Å². The summed E-state index contributed by atoms with van der Waals surface area (Å²) in [7, 11) is 0. The molecule has 350 valence electrons. The van der Waals surface area contributed by atoms with Gasteiger partial charge in [-0.05, 0) is 88.0 Å².